The van der Waals surface area contributed by atoms with Crippen LogP contribution in [0.4, 0.5) is 0 Å². The minimum atomic E-state index is -0.741. The van der Waals surface area contributed by atoms with Crippen LogP contribution in [-0.4, -0.2) is 15.9 Å². The lowest BCUT2D eigenvalue weighted by molar-refractivity contribution is -0.136. The average Bonchev–Trinajstić information content (AvgIpc) is 2.11. The Morgan fingerprint density at radius 3 is 2.46 bits per heavy atom. The molecule has 78 valence electrons. The molecule has 3 heteroatoms. The smallest absolute Gasteiger partial charge is 0.317 e. The van der Waals surface area contributed by atoms with Gasteiger partial charge in [0.2, 0.25) is 0 Å². The molecule has 0 aromatic heterocycles. The molecule has 0 heterocycles. The van der Waals surface area contributed by atoms with Gasteiger partial charge in [-0.2, -0.15) is 0 Å². The summed E-state index contributed by atoms with van der Waals surface area (Å²) in [5.74, 6) is -0.185. The summed E-state index contributed by atoms with van der Waals surface area (Å²) in [4.78, 5) is 10.2. The highest BCUT2D eigenvalue weighted by atomic mass is 79.9. The lowest BCUT2D eigenvalue weighted by Gasteiger charge is -2.15. The molecule has 1 N–H and O–H groups in total. The lowest BCUT2D eigenvalue weighted by atomic mass is 9.94. The summed E-state index contributed by atoms with van der Waals surface area (Å²) in [6.07, 6.45) is 5.39. The van der Waals surface area contributed by atoms with E-state index in [1.807, 2.05) is 0 Å². The number of aliphatic carboxylic acids is 1. The summed E-state index contributed by atoms with van der Waals surface area (Å²) >= 11 is 3.18. The van der Waals surface area contributed by atoms with Gasteiger partial charge in [-0.15, -0.1) is 0 Å². The Morgan fingerprint density at radius 1 is 1.46 bits per heavy atom. The van der Waals surface area contributed by atoms with Gasteiger partial charge in [0, 0.05) is 0 Å². The van der Waals surface area contributed by atoms with Crippen molar-refractivity contribution in [2.75, 3.05) is 0 Å². The summed E-state index contributed by atoms with van der Waals surface area (Å²) in [7, 11) is 0. The van der Waals surface area contributed by atoms with Crippen molar-refractivity contribution in [2.45, 2.75) is 50.8 Å². The van der Waals surface area contributed by atoms with E-state index in [4.69, 9.17) is 5.11 Å². The van der Waals surface area contributed by atoms with E-state index in [2.05, 4.69) is 29.8 Å². The minimum Gasteiger partial charge on any atom is -0.480 e. The Bertz CT molecular complexity index is 148. The molecule has 2 atom stereocenters. The molecular formula is C10H19BrO2. The molecule has 2 nitrogen and oxygen atoms in total. The van der Waals surface area contributed by atoms with Crippen LogP contribution in [0.1, 0.15) is 46.0 Å². The Morgan fingerprint density at radius 2 is 2.08 bits per heavy atom. The van der Waals surface area contributed by atoms with E-state index >= 15 is 0 Å². The summed E-state index contributed by atoms with van der Waals surface area (Å²) in [6, 6.07) is 0. The first-order chi connectivity index (χ1) is 6.11. The molecule has 0 amide bonds. The first kappa shape index (κ1) is 12.9. The van der Waals surface area contributed by atoms with Gasteiger partial charge >= 0.3 is 5.97 Å². The van der Waals surface area contributed by atoms with Crippen LogP contribution in [0.3, 0.4) is 0 Å². The number of hydrogen-bond donors (Lipinski definition) is 1. The van der Waals surface area contributed by atoms with Gasteiger partial charge in [0.1, 0.15) is 4.83 Å². The van der Waals surface area contributed by atoms with Crippen molar-refractivity contribution in [3.05, 3.63) is 0 Å². The highest BCUT2D eigenvalue weighted by Crippen LogP contribution is 2.21. The molecule has 0 aliphatic heterocycles. The van der Waals surface area contributed by atoms with E-state index < -0.39 is 5.97 Å². The van der Waals surface area contributed by atoms with Crippen molar-refractivity contribution in [3.8, 4) is 0 Å². The van der Waals surface area contributed by atoms with E-state index in [0.717, 1.165) is 19.3 Å². The summed E-state index contributed by atoms with van der Waals surface area (Å²) in [6.45, 7) is 4.29. The van der Waals surface area contributed by atoms with E-state index in [0.29, 0.717) is 5.92 Å². The number of rotatable bonds is 7. The SMILES string of the molecule is CCCCC(CC)CC(Br)C(=O)O. The molecule has 0 spiro atoms. The van der Waals surface area contributed by atoms with Crippen LogP contribution in [0.25, 0.3) is 0 Å². The second-order valence-corrected chi connectivity index (χ2v) is 4.56. The number of carboxylic acid groups (broad SMARTS) is 1. The molecular weight excluding hydrogens is 232 g/mol. The maximum Gasteiger partial charge on any atom is 0.317 e. The van der Waals surface area contributed by atoms with Gasteiger partial charge in [0.15, 0.2) is 0 Å². The molecule has 0 saturated heterocycles. The molecule has 0 fully saturated rings. The van der Waals surface area contributed by atoms with Crippen molar-refractivity contribution in [1.29, 1.82) is 0 Å². The van der Waals surface area contributed by atoms with Crippen LogP contribution in [0, 0.1) is 5.92 Å². The van der Waals surface area contributed by atoms with Gasteiger partial charge in [-0.25, -0.2) is 0 Å². The summed E-state index contributed by atoms with van der Waals surface area (Å²) < 4.78 is 0. The fourth-order valence-corrected chi connectivity index (χ4v) is 1.90. The molecule has 0 rings (SSSR count). The van der Waals surface area contributed by atoms with Crippen molar-refractivity contribution in [2.24, 2.45) is 5.92 Å². The predicted molar refractivity (Wildman–Crippen MR) is 58.3 cm³/mol. The van der Waals surface area contributed by atoms with Crippen LogP contribution in [0.15, 0.2) is 0 Å². The number of alkyl halides is 1. The zero-order valence-electron chi connectivity index (χ0n) is 8.42. The monoisotopic (exact) mass is 250 g/mol. The fraction of sp³-hybridized carbons (Fsp3) is 0.900. The largest absolute Gasteiger partial charge is 0.480 e. The number of hydrogen-bond acceptors (Lipinski definition) is 1. The van der Waals surface area contributed by atoms with E-state index in [9.17, 15) is 4.79 Å². The summed E-state index contributed by atoms with van der Waals surface area (Å²) in [5.41, 5.74) is 0. The van der Waals surface area contributed by atoms with Gasteiger partial charge in [0.25, 0.3) is 0 Å². The second kappa shape index (κ2) is 7.36. The van der Waals surface area contributed by atoms with Gasteiger partial charge < -0.3 is 5.11 Å². The van der Waals surface area contributed by atoms with Crippen molar-refractivity contribution >= 4 is 21.9 Å². The Hall–Kier alpha value is -0.0500. The van der Waals surface area contributed by atoms with Crippen LogP contribution in [0.5, 0.6) is 0 Å². The Labute approximate surface area is 88.8 Å². The van der Waals surface area contributed by atoms with Crippen LogP contribution >= 0.6 is 15.9 Å². The third-order valence-corrected chi connectivity index (χ3v) is 3.12. The minimum absolute atomic E-state index is 0.366. The Kier molecular flexibility index (Phi) is 7.33. The molecule has 0 radical (unpaired) electrons. The van der Waals surface area contributed by atoms with Crippen LogP contribution in [0.2, 0.25) is 0 Å². The molecule has 0 saturated carbocycles. The Balaban J connectivity index is 3.75. The van der Waals surface area contributed by atoms with Gasteiger partial charge in [-0.1, -0.05) is 55.5 Å². The molecule has 0 aromatic carbocycles. The zero-order valence-corrected chi connectivity index (χ0v) is 10.0. The first-order valence-electron chi connectivity index (χ1n) is 4.98. The summed E-state index contributed by atoms with van der Waals surface area (Å²) in [5, 5.41) is 8.70. The quantitative estimate of drug-likeness (QED) is 0.704. The standard InChI is InChI=1S/C10H19BrO2/c1-3-5-6-8(4-2)7-9(11)10(12)13/h8-9H,3-7H2,1-2H3,(H,12,13). The third-order valence-electron chi connectivity index (χ3n) is 2.35. The number of halogens is 1. The normalized spacial score (nSPS) is 15.3. The molecule has 0 aliphatic rings. The molecule has 0 aliphatic carbocycles. The van der Waals surface area contributed by atoms with Gasteiger partial charge in [-0.05, 0) is 12.3 Å². The van der Waals surface area contributed by atoms with E-state index in [1.165, 1.54) is 12.8 Å². The number of carbonyl (C=O) groups is 1. The predicted octanol–water partition coefficient (Wildman–Crippen LogP) is 3.44. The zero-order chi connectivity index (χ0) is 10.3. The highest BCUT2D eigenvalue weighted by molar-refractivity contribution is 9.10. The van der Waals surface area contributed by atoms with Gasteiger partial charge in [0.05, 0.1) is 0 Å². The van der Waals surface area contributed by atoms with Crippen LogP contribution < -0.4 is 0 Å². The molecule has 2 unspecified atom stereocenters. The van der Waals surface area contributed by atoms with Crippen LogP contribution in [-0.2, 0) is 4.79 Å². The number of unbranched alkanes of at least 4 members (excludes halogenated alkanes) is 1. The molecule has 0 bridgehead atoms. The first-order valence-corrected chi connectivity index (χ1v) is 5.90. The average molecular weight is 251 g/mol. The van der Waals surface area contributed by atoms with Crippen molar-refractivity contribution in [3.63, 3.8) is 0 Å². The number of carboxylic acids is 1. The maximum absolute atomic E-state index is 10.6. The van der Waals surface area contributed by atoms with Gasteiger partial charge in [-0.3, -0.25) is 4.79 Å². The van der Waals surface area contributed by atoms with E-state index in [-0.39, 0.29) is 4.83 Å². The fourth-order valence-electron chi connectivity index (χ4n) is 1.37. The lowest BCUT2D eigenvalue weighted by Crippen LogP contribution is -2.17. The molecule has 13 heavy (non-hydrogen) atoms. The van der Waals surface area contributed by atoms with Crippen molar-refractivity contribution < 1.29 is 9.90 Å². The van der Waals surface area contributed by atoms with E-state index in [1.54, 1.807) is 0 Å². The topological polar surface area (TPSA) is 37.3 Å². The third kappa shape index (κ3) is 6.08. The van der Waals surface area contributed by atoms with Crippen molar-refractivity contribution in [1.82, 2.24) is 0 Å². The second-order valence-electron chi connectivity index (χ2n) is 3.46. The molecule has 0 aromatic rings. The highest BCUT2D eigenvalue weighted by Gasteiger charge is 2.17. The maximum atomic E-state index is 10.6.